The van der Waals surface area contributed by atoms with Crippen LogP contribution in [0.3, 0.4) is 0 Å². The first-order valence-corrected chi connectivity index (χ1v) is 7.32. The standard InChI is InChI=1S/C14H22N2OS/c1-10-9-12(18-11(10)2)13(17)16-7-5-14(3,15-4)6-8-16/h9,15H,5-8H2,1-4H3. The second-order valence-electron chi connectivity index (χ2n) is 5.45. The van der Waals surface area contributed by atoms with Gasteiger partial charge >= 0.3 is 0 Å². The van der Waals surface area contributed by atoms with Gasteiger partial charge < -0.3 is 10.2 Å². The molecule has 1 saturated heterocycles. The summed E-state index contributed by atoms with van der Waals surface area (Å²) in [4.78, 5) is 16.5. The molecule has 4 heteroatoms. The Hall–Kier alpha value is -0.870. The van der Waals surface area contributed by atoms with Gasteiger partial charge in [-0.05, 0) is 52.3 Å². The molecule has 0 atom stereocenters. The minimum Gasteiger partial charge on any atom is -0.338 e. The number of nitrogens with zero attached hydrogens (tertiary/aromatic N) is 1. The summed E-state index contributed by atoms with van der Waals surface area (Å²) in [6.07, 6.45) is 2.05. The number of rotatable bonds is 2. The van der Waals surface area contributed by atoms with Gasteiger partial charge in [-0.1, -0.05) is 0 Å². The predicted octanol–water partition coefficient (Wildman–Crippen LogP) is 2.58. The minimum absolute atomic E-state index is 0.193. The summed E-state index contributed by atoms with van der Waals surface area (Å²) >= 11 is 1.61. The van der Waals surface area contributed by atoms with Crippen molar-refractivity contribution in [3.63, 3.8) is 0 Å². The summed E-state index contributed by atoms with van der Waals surface area (Å²) in [6.45, 7) is 8.08. The summed E-state index contributed by atoms with van der Waals surface area (Å²) in [5.41, 5.74) is 1.42. The number of piperidine rings is 1. The van der Waals surface area contributed by atoms with Gasteiger partial charge in [-0.25, -0.2) is 0 Å². The molecule has 1 N–H and O–H groups in total. The topological polar surface area (TPSA) is 32.3 Å². The summed E-state index contributed by atoms with van der Waals surface area (Å²) in [5.74, 6) is 0.203. The molecule has 0 bridgehead atoms. The van der Waals surface area contributed by atoms with Gasteiger partial charge in [0.05, 0.1) is 4.88 Å². The zero-order valence-corrected chi connectivity index (χ0v) is 12.5. The lowest BCUT2D eigenvalue weighted by atomic mass is 9.90. The Morgan fingerprint density at radius 3 is 2.44 bits per heavy atom. The summed E-state index contributed by atoms with van der Waals surface area (Å²) < 4.78 is 0. The van der Waals surface area contributed by atoms with E-state index in [9.17, 15) is 4.79 Å². The monoisotopic (exact) mass is 266 g/mol. The Balaban J connectivity index is 2.04. The zero-order chi connectivity index (χ0) is 13.3. The highest BCUT2D eigenvalue weighted by molar-refractivity contribution is 7.14. The zero-order valence-electron chi connectivity index (χ0n) is 11.7. The average molecular weight is 266 g/mol. The number of nitrogens with one attached hydrogen (secondary N) is 1. The van der Waals surface area contributed by atoms with Crippen LogP contribution in [0.4, 0.5) is 0 Å². The Morgan fingerprint density at radius 1 is 1.39 bits per heavy atom. The van der Waals surface area contributed by atoms with E-state index in [1.807, 2.05) is 18.0 Å². The van der Waals surface area contributed by atoms with E-state index in [1.165, 1.54) is 10.4 Å². The van der Waals surface area contributed by atoms with Crippen molar-refractivity contribution >= 4 is 17.2 Å². The maximum atomic E-state index is 12.4. The number of amides is 1. The lowest BCUT2D eigenvalue weighted by Crippen LogP contribution is -2.51. The summed E-state index contributed by atoms with van der Waals surface area (Å²) in [5, 5.41) is 3.36. The van der Waals surface area contributed by atoms with E-state index >= 15 is 0 Å². The lowest BCUT2D eigenvalue weighted by molar-refractivity contribution is 0.0666. The van der Waals surface area contributed by atoms with Crippen LogP contribution in [0.15, 0.2) is 6.07 Å². The third-order valence-corrected chi connectivity index (χ3v) is 5.28. The molecule has 1 fully saturated rings. The molecule has 1 amide bonds. The molecule has 3 nitrogen and oxygen atoms in total. The molecule has 1 aromatic rings. The van der Waals surface area contributed by atoms with Crippen molar-refractivity contribution < 1.29 is 4.79 Å². The number of aryl methyl sites for hydroxylation is 2. The van der Waals surface area contributed by atoms with Crippen molar-refractivity contribution in [2.75, 3.05) is 20.1 Å². The van der Waals surface area contributed by atoms with Crippen LogP contribution in [0.2, 0.25) is 0 Å². The molecular weight excluding hydrogens is 244 g/mol. The first-order valence-electron chi connectivity index (χ1n) is 6.50. The number of carbonyl (C=O) groups excluding carboxylic acids is 1. The van der Waals surface area contributed by atoms with E-state index in [0.717, 1.165) is 30.8 Å². The van der Waals surface area contributed by atoms with Crippen molar-refractivity contribution in [3.8, 4) is 0 Å². The van der Waals surface area contributed by atoms with Crippen molar-refractivity contribution in [1.29, 1.82) is 0 Å². The number of hydrogen-bond donors (Lipinski definition) is 1. The van der Waals surface area contributed by atoms with Crippen LogP contribution in [0, 0.1) is 13.8 Å². The van der Waals surface area contributed by atoms with Crippen LogP contribution in [0.5, 0.6) is 0 Å². The number of hydrogen-bond acceptors (Lipinski definition) is 3. The van der Waals surface area contributed by atoms with Crippen molar-refractivity contribution in [2.45, 2.75) is 39.2 Å². The van der Waals surface area contributed by atoms with Gasteiger partial charge in [0.15, 0.2) is 0 Å². The van der Waals surface area contributed by atoms with Gasteiger partial charge in [0.25, 0.3) is 5.91 Å². The second-order valence-corrected chi connectivity index (χ2v) is 6.71. The Bertz CT molecular complexity index is 425. The first-order chi connectivity index (χ1) is 8.45. The Kier molecular flexibility index (Phi) is 3.78. The maximum absolute atomic E-state index is 12.4. The third-order valence-electron chi connectivity index (χ3n) is 4.13. The Morgan fingerprint density at radius 2 is 2.00 bits per heavy atom. The van der Waals surface area contributed by atoms with Crippen LogP contribution in [0.25, 0.3) is 0 Å². The highest BCUT2D eigenvalue weighted by Gasteiger charge is 2.31. The molecule has 2 heterocycles. The number of carbonyl (C=O) groups is 1. The van der Waals surface area contributed by atoms with Crippen LogP contribution in [-0.2, 0) is 0 Å². The molecule has 0 unspecified atom stereocenters. The third kappa shape index (κ3) is 2.59. The molecule has 1 aliphatic heterocycles. The first kappa shape index (κ1) is 13.6. The van der Waals surface area contributed by atoms with Crippen molar-refractivity contribution in [2.24, 2.45) is 0 Å². The van der Waals surface area contributed by atoms with Crippen LogP contribution in [0.1, 0.15) is 39.9 Å². The molecule has 100 valence electrons. The van der Waals surface area contributed by atoms with E-state index in [4.69, 9.17) is 0 Å². The Labute approximate surface area is 113 Å². The second kappa shape index (κ2) is 5.02. The highest BCUT2D eigenvalue weighted by Crippen LogP contribution is 2.26. The molecule has 18 heavy (non-hydrogen) atoms. The van der Waals surface area contributed by atoms with Crippen molar-refractivity contribution in [1.82, 2.24) is 10.2 Å². The average Bonchev–Trinajstić information content (AvgIpc) is 2.70. The van der Waals surface area contributed by atoms with Gasteiger partial charge in [-0.15, -0.1) is 11.3 Å². The fraction of sp³-hybridized carbons (Fsp3) is 0.643. The van der Waals surface area contributed by atoms with E-state index < -0.39 is 0 Å². The van der Waals surface area contributed by atoms with Gasteiger partial charge in [-0.2, -0.15) is 0 Å². The highest BCUT2D eigenvalue weighted by atomic mass is 32.1. The SMILES string of the molecule is CNC1(C)CCN(C(=O)c2cc(C)c(C)s2)CC1. The van der Waals surface area contributed by atoms with Crippen LogP contribution >= 0.6 is 11.3 Å². The molecule has 0 aromatic carbocycles. The normalized spacial score (nSPS) is 19.0. The fourth-order valence-corrected chi connectivity index (χ4v) is 3.29. The maximum Gasteiger partial charge on any atom is 0.263 e. The molecular formula is C14H22N2OS. The minimum atomic E-state index is 0.193. The predicted molar refractivity (Wildman–Crippen MR) is 76.4 cm³/mol. The smallest absolute Gasteiger partial charge is 0.263 e. The van der Waals surface area contributed by atoms with E-state index in [2.05, 4.69) is 26.1 Å². The number of likely N-dealkylation sites (tertiary alicyclic amines) is 1. The van der Waals surface area contributed by atoms with Gasteiger partial charge in [0, 0.05) is 23.5 Å². The summed E-state index contributed by atoms with van der Waals surface area (Å²) in [6, 6.07) is 2.02. The summed E-state index contributed by atoms with van der Waals surface area (Å²) in [7, 11) is 2.00. The molecule has 1 aliphatic rings. The van der Waals surface area contributed by atoms with Crippen LogP contribution < -0.4 is 5.32 Å². The fourth-order valence-electron chi connectivity index (χ4n) is 2.29. The van der Waals surface area contributed by atoms with Gasteiger partial charge in [-0.3, -0.25) is 4.79 Å². The number of thiophene rings is 1. The van der Waals surface area contributed by atoms with Crippen LogP contribution in [-0.4, -0.2) is 36.5 Å². The molecule has 2 rings (SSSR count). The van der Waals surface area contributed by atoms with Gasteiger partial charge in [0.1, 0.15) is 0 Å². The van der Waals surface area contributed by atoms with E-state index in [0.29, 0.717) is 0 Å². The lowest BCUT2D eigenvalue weighted by Gasteiger charge is -2.39. The van der Waals surface area contributed by atoms with E-state index in [1.54, 1.807) is 11.3 Å². The quantitative estimate of drug-likeness (QED) is 0.892. The molecule has 0 aliphatic carbocycles. The largest absolute Gasteiger partial charge is 0.338 e. The van der Waals surface area contributed by atoms with E-state index in [-0.39, 0.29) is 11.4 Å². The molecule has 1 aromatic heterocycles. The molecule has 0 spiro atoms. The molecule has 0 saturated carbocycles. The van der Waals surface area contributed by atoms with Gasteiger partial charge in [0.2, 0.25) is 0 Å². The van der Waals surface area contributed by atoms with Crippen molar-refractivity contribution in [3.05, 3.63) is 21.4 Å². The molecule has 0 radical (unpaired) electrons.